The van der Waals surface area contributed by atoms with Crippen LogP contribution in [0.5, 0.6) is 0 Å². The predicted molar refractivity (Wildman–Crippen MR) is 93.9 cm³/mol. The minimum Gasteiger partial charge on any atom is -0.467 e. The second-order valence-corrected chi connectivity index (χ2v) is 6.83. The summed E-state index contributed by atoms with van der Waals surface area (Å²) in [5, 5.41) is 4.03. The first kappa shape index (κ1) is 16.8. The van der Waals surface area contributed by atoms with Crippen LogP contribution >= 0.6 is 0 Å². The van der Waals surface area contributed by atoms with Crippen molar-refractivity contribution in [3.8, 4) is 0 Å². The molecular weight excluding hydrogens is 335 g/mol. The number of hydrogen-bond acceptors (Lipinski definition) is 4. The van der Waals surface area contributed by atoms with Crippen molar-refractivity contribution in [3.63, 3.8) is 0 Å². The van der Waals surface area contributed by atoms with E-state index in [1.54, 1.807) is 18.4 Å². The number of hydrogen-bond donors (Lipinski definition) is 0. The lowest BCUT2D eigenvalue weighted by Crippen LogP contribution is -2.44. The maximum atomic E-state index is 13.4. The molecule has 0 radical (unpaired) electrons. The van der Waals surface area contributed by atoms with E-state index in [2.05, 4.69) is 5.16 Å². The summed E-state index contributed by atoms with van der Waals surface area (Å²) < 4.78 is 18.9. The number of carbonyl (C=O) groups is 1. The van der Waals surface area contributed by atoms with Gasteiger partial charge in [0.1, 0.15) is 11.6 Å². The van der Waals surface area contributed by atoms with Gasteiger partial charge in [-0.15, -0.1) is 0 Å². The molecule has 1 aliphatic heterocycles. The lowest BCUT2D eigenvalue weighted by atomic mass is 10.0. The van der Waals surface area contributed by atoms with Crippen molar-refractivity contribution in [2.24, 2.45) is 5.16 Å². The molecule has 1 aromatic carbocycles. The van der Waals surface area contributed by atoms with E-state index in [1.807, 2.05) is 17.0 Å². The minimum absolute atomic E-state index is 0.0801. The summed E-state index contributed by atoms with van der Waals surface area (Å²) in [6.45, 7) is 0.436. The van der Waals surface area contributed by atoms with Gasteiger partial charge in [0.05, 0.1) is 18.5 Å². The molecule has 1 aromatic heterocycles. The molecule has 1 atom stereocenters. The molecule has 1 amide bonds. The van der Waals surface area contributed by atoms with E-state index in [9.17, 15) is 9.18 Å². The Morgan fingerprint density at radius 1 is 1.23 bits per heavy atom. The van der Waals surface area contributed by atoms with Crippen LogP contribution in [0.2, 0.25) is 0 Å². The Labute approximate surface area is 151 Å². The van der Waals surface area contributed by atoms with Crippen LogP contribution in [-0.4, -0.2) is 28.7 Å². The van der Waals surface area contributed by atoms with Crippen LogP contribution in [0.25, 0.3) is 0 Å². The summed E-state index contributed by atoms with van der Waals surface area (Å²) in [6.07, 6.45) is 5.55. The third-order valence-electron chi connectivity index (χ3n) is 5.06. The van der Waals surface area contributed by atoms with E-state index in [0.717, 1.165) is 31.4 Å². The average molecular weight is 356 g/mol. The molecule has 0 N–H and O–H groups in total. The molecular formula is C20H21FN2O3. The molecule has 2 aromatic rings. The Morgan fingerprint density at radius 3 is 2.81 bits per heavy atom. The van der Waals surface area contributed by atoms with E-state index in [1.165, 1.54) is 12.1 Å². The monoisotopic (exact) mass is 356 g/mol. The molecule has 26 heavy (non-hydrogen) atoms. The smallest absolute Gasteiger partial charge is 0.267 e. The molecule has 2 aliphatic rings. The first-order valence-electron chi connectivity index (χ1n) is 9.02. The number of benzene rings is 1. The summed E-state index contributed by atoms with van der Waals surface area (Å²) in [5.74, 6) is 0.350. The highest BCUT2D eigenvalue weighted by atomic mass is 19.1. The number of nitrogens with zero attached hydrogens (tertiary/aromatic N) is 2. The zero-order chi connectivity index (χ0) is 17.9. The van der Waals surface area contributed by atoms with Gasteiger partial charge in [-0.25, -0.2) is 4.39 Å². The van der Waals surface area contributed by atoms with Crippen LogP contribution in [0.15, 0.2) is 52.2 Å². The Morgan fingerprint density at radius 2 is 2.08 bits per heavy atom. The summed E-state index contributed by atoms with van der Waals surface area (Å²) in [7, 11) is 0. The van der Waals surface area contributed by atoms with E-state index in [0.29, 0.717) is 24.2 Å². The molecule has 5 nitrogen and oxygen atoms in total. The van der Waals surface area contributed by atoms with Gasteiger partial charge in [-0.3, -0.25) is 4.79 Å². The number of oxime groups is 1. The average Bonchev–Trinajstić information content (AvgIpc) is 3.41. The number of furan rings is 1. The molecule has 1 aliphatic carbocycles. The molecule has 1 saturated carbocycles. The van der Waals surface area contributed by atoms with Gasteiger partial charge < -0.3 is 14.2 Å². The lowest BCUT2D eigenvalue weighted by molar-refractivity contribution is -0.145. The lowest BCUT2D eigenvalue weighted by Gasteiger charge is -2.29. The van der Waals surface area contributed by atoms with Crippen molar-refractivity contribution in [2.45, 2.75) is 50.8 Å². The van der Waals surface area contributed by atoms with Crippen molar-refractivity contribution in [3.05, 3.63) is 59.8 Å². The SMILES string of the molecule is O=C([C@@H]1CC(c2cccc(F)c2)=NO1)N(Cc1ccco1)C1CCCC1. The van der Waals surface area contributed by atoms with E-state index in [4.69, 9.17) is 9.25 Å². The number of halogens is 1. The Kier molecular flexibility index (Phi) is 4.73. The Bertz CT molecular complexity index is 797. The molecule has 6 heteroatoms. The van der Waals surface area contributed by atoms with Crippen molar-refractivity contribution in [2.75, 3.05) is 0 Å². The standard InChI is InChI=1S/C20H21FN2O3/c21-15-6-3-5-14(11-15)18-12-19(26-22-18)20(24)23(16-7-1-2-8-16)13-17-9-4-10-25-17/h3-6,9-11,16,19H,1-2,7-8,12-13H2/t19-/m0/s1. The van der Waals surface area contributed by atoms with Crippen molar-refractivity contribution >= 4 is 11.6 Å². The fraction of sp³-hybridized carbons (Fsp3) is 0.400. The van der Waals surface area contributed by atoms with Gasteiger partial charge in [-0.2, -0.15) is 0 Å². The largest absolute Gasteiger partial charge is 0.467 e. The van der Waals surface area contributed by atoms with Crippen LogP contribution in [0.3, 0.4) is 0 Å². The summed E-state index contributed by atoms with van der Waals surface area (Å²) >= 11 is 0. The van der Waals surface area contributed by atoms with Crippen LogP contribution in [0.1, 0.15) is 43.4 Å². The molecule has 2 heterocycles. The maximum Gasteiger partial charge on any atom is 0.267 e. The van der Waals surface area contributed by atoms with Crippen LogP contribution in [0, 0.1) is 5.82 Å². The highest BCUT2D eigenvalue weighted by Crippen LogP contribution is 2.28. The zero-order valence-electron chi connectivity index (χ0n) is 14.4. The Hall–Kier alpha value is -2.63. The van der Waals surface area contributed by atoms with Gasteiger partial charge in [0.25, 0.3) is 5.91 Å². The normalized spacial score (nSPS) is 20.0. The van der Waals surface area contributed by atoms with Gasteiger partial charge >= 0.3 is 0 Å². The highest BCUT2D eigenvalue weighted by Gasteiger charge is 2.36. The predicted octanol–water partition coefficient (Wildman–Crippen LogP) is 3.88. The van der Waals surface area contributed by atoms with Crippen molar-refractivity contribution < 1.29 is 18.4 Å². The topological polar surface area (TPSA) is 55.0 Å². The van der Waals surface area contributed by atoms with Crippen molar-refractivity contribution in [1.82, 2.24) is 4.90 Å². The molecule has 0 unspecified atom stereocenters. The highest BCUT2D eigenvalue weighted by molar-refractivity contribution is 6.04. The first-order chi connectivity index (χ1) is 12.7. The van der Waals surface area contributed by atoms with Gasteiger partial charge in [-0.1, -0.05) is 30.1 Å². The van der Waals surface area contributed by atoms with Crippen molar-refractivity contribution in [1.29, 1.82) is 0 Å². The second-order valence-electron chi connectivity index (χ2n) is 6.83. The number of amides is 1. The van der Waals surface area contributed by atoms with Gasteiger partial charge in [-0.05, 0) is 37.1 Å². The summed E-state index contributed by atoms with van der Waals surface area (Å²) in [4.78, 5) is 20.4. The third-order valence-corrected chi connectivity index (χ3v) is 5.06. The molecule has 0 saturated heterocycles. The zero-order valence-corrected chi connectivity index (χ0v) is 14.4. The fourth-order valence-electron chi connectivity index (χ4n) is 3.71. The first-order valence-corrected chi connectivity index (χ1v) is 9.02. The van der Waals surface area contributed by atoms with Crippen LogP contribution in [-0.2, 0) is 16.2 Å². The van der Waals surface area contributed by atoms with Gasteiger partial charge in [0, 0.05) is 18.0 Å². The molecule has 0 bridgehead atoms. The molecule has 1 fully saturated rings. The third kappa shape index (κ3) is 3.49. The minimum atomic E-state index is -0.663. The van der Waals surface area contributed by atoms with Gasteiger partial charge in [0.15, 0.2) is 0 Å². The van der Waals surface area contributed by atoms with E-state index < -0.39 is 6.10 Å². The van der Waals surface area contributed by atoms with Crippen LogP contribution < -0.4 is 0 Å². The summed E-state index contributed by atoms with van der Waals surface area (Å²) in [6, 6.07) is 10.1. The number of carbonyl (C=O) groups excluding carboxylic acids is 1. The Balaban J connectivity index is 1.48. The molecule has 136 valence electrons. The van der Waals surface area contributed by atoms with Gasteiger partial charge in [0.2, 0.25) is 6.10 Å². The van der Waals surface area contributed by atoms with E-state index >= 15 is 0 Å². The molecule has 4 rings (SSSR count). The van der Waals surface area contributed by atoms with Crippen LogP contribution in [0.4, 0.5) is 4.39 Å². The maximum absolute atomic E-state index is 13.4. The summed E-state index contributed by atoms with van der Waals surface area (Å²) in [5.41, 5.74) is 1.26. The quantitative estimate of drug-likeness (QED) is 0.817. The van der Waals surface area contributed by atoms with E-state index in [-0.39, 0.29) is 17.8 Å². The second kappa shape index (κ2) is 7.32. The molecule has 0 spiro atoms. The fourth-order valence-corrected chi connectivity index (χ4v) is 3.71. The number of rotatable bonds is 5.